The quantitative estimate of drug-likeness (QED) is 0.0219. The van der Waals surface area contributed by atoms with Gasteiger partial charge in [-0.2, -0.15) is 0 Å². The van der Waals surface area contributed by atoms with Gasteiger partial charge in [-0.1, -0.05) is 120 Å². The van der Waals surface area contributed by atoms with Crippen molar-refractivity contribution in [2.24, 2.45) is 0 Å². The number of ether oxygens (including phenoxy) is 2. The normalized spacial score (nSPS) is 14.2. The second-order valence-corrected chi connectivity index (χ2v) is 16.5. The topological polar surface area (TPSA) is 108 Å². The van der Waals surface area contributed by atoms with Gasteiger partial charge < -0.3 is 18.9 Å². The summed E-state index contributed by atoms with van der Waals surface area (Å²) in [5, 5.41) is 0. The molecule has 0 bridgehead atoms. The number of allylic oxidation sites excluding steroid dienone is 8. The Morgan fingerprint density at radius 2 is 1.02 bits per heavy atom. The van der Waals surface area contributed by atoms with Crippen molar-refractivity contribution in [1.82, 2.24) is 0 Å². The molecule has 0 aliphatic carbocycles. The average molecular weight is 769 g/mol. The molecular formula is C43H79NO8P+. The minimum atomic E-state index is -4.38. The lowest BCUT2D eigenvalue weighted by atomic mass is 10.1. The zero-order valence-electron chi connectivity index (χ0n) is 34.5. The third-order valence-corrected chi connectivity index (χ3v) is 9.57. The Bertz CT molecular complexity index is 1050. The van der Waals surface area contributed by atoms with E-state index >= 15 is 0 Å². The number of carbonyl (C=O) groups excluding carboxylic acids is 2. The van der Waals surface area contributed by atoms with Crippen LogP contribution in [0.3, 0.4) is 0 Å². The number of carbonyl (C=O) groups is 2. The molecule has 0 spiro atoms. The number of quaternary nitrogens is 1. The summed E-state index contributed by atoms with van der Waals surface area (Å²) in [4.78, 5) is 35.3. The van der Waals surface area contributed by atoms with Crippen molar-refractivity contribution in [3.63, 3.8) is 0 Å². The summed E-state index contributed by atoms with van der Waals surface area (Å²) in [5.74, 6) is -0.857. The largest absolute Gasteiger partial charge is 0.472 e. The van der Waals surface area contributed by atoms with Gasteiger partial charge in [0.05, 0.1) is 27.7 Å². The van der Waals surface area contributed by atoms with Crippen LogP contribution in [0.2, 0.25) is 0 Å². The number of phosphoric ester groups is 1. The van der Waals surface area contributed by atoms with Crippen molar-refractivity contribution < 1.29 is 42.1 Å². The molecule has 1 unspecified atom stereocenters. The third kappa shape index (κ3) is 39.5. The lowest BCUT2D eigenvalue weighted by Crippen LogP contribution is -2.37. The molecule has 1 N–H and O–H groups in total. The van der Waals surface area contributed by atoms with Crippen LogP contribution in [0.4, 0.5) is 0 Å². The minimum absolute atomic E-state index is 0.0217. The lowest BCUT2D eigenvalue weighted by molar-refractivity contribution is -0.870. The molecule has 2 atom stereocenters. The molecule has 9 nitrogen and oxygen atoms in total. The maximum Gasteiger partial charge on any atom is 0.472 e. The summed E-state index contributed by atoms with van der Waals surface area (Å²) in [6.07, 6.45) is 40.1. The smallest absolute Gasteiger partial charge is 0.462 e. The Balaban J connectivity index is 4.49. The van der Waals surface area contributed by atoms with E-state index in [0.29, 0.717) is 17.4 Å². The zero-order chi connectivity index (χ0) is 39.3. The fourth-order valence-electron chi connectivity index (χ4n) is 5.25. The van der Waals surface area contributed by atoms with Crippen LogP contribution < -0.4 is 0 Å². The standard InChI is InChI=1S/C43H78NO8P/c1-6-8-10-12-14-16-18-20-22-24-26-28-30-32-34-36-43(46)52-41(40-51-53(47,48)50-38-37-44(3,4)5)39-49-42(45)35-33-31-29-27-25-23-21-19-17-15-13-11-9-7-2/h14,16,19-22,26,28,41H,6-13,15,17-18,23-25,27,29-40H2,1-5H3/p+1/b16-14-,21-19-,22-20-,28-26-/t41-/m1/s1. The highest BCUT2D eigenvalue weighted by Gasteiger charge is 2.27. The molecule has 53 heavy (non-hydrogen) atoms. The van der Waals surface area contributed by atoms with Gasteiger partial charge in [-0.25, -0.2) is 4.57 Å². The first kappa shape index (κ1) is 51.0. The first-order valence-corrected chi connectivity index (χ1v) is 22.4. The van der Waals surface area contributed by atoms with Crippen LogP contribution in [0.1, 0.15) is 162 Å². The third-order valence-electron chi connectivity index (χ3n) is 8.58. The lowest BCUT2D eigenvalue weighted by Gasteiger charge is -2.24. The van der Waals surface area contributed by atoms with Crippen LogP contribution in [-0.2, 0) is 32.7 Å². The number of rotatable bonds is 37. The zero-order valence-corrected chi connectivity index (χ0v) is 35.4. The average Bonchev–Trinajstić information content (AvgIpc) is 3.10. The summed E-state index contributed by atoms with van der Waals surface area (Å²) < 4.78 is 34.2. The van der Waals surface area contributed by atoms with Gasteiger partial charge in [0, 0.05) is 12.8 Å². The van der Waals surface area contributed by atoms with Crippen LogP contribution in [0.5, 0.6) is 0 Å². The number of nitrogens with zero attached hydrogens (tertiary/aromatic N) is 1. The number of likely N-dealkylation sites (N-methyl/N-ethyl adjacent to an activating group) is 1. The molecule has 308 valence electrons. The van der Waals surface area contributed by atoms with Crippen molar-refractivity contribution in [2.45, 2.75) is 168 Å². The van der Waals surface area contributed by atoms with Crippen molar-refractivity contribution in [3.05, 3.63) is 48.6 Å². The second kappa shape index (κ2) is 35.7. The summed E-state index contributed by atoms with van der Waals surface area (Å²) in [6.45, 7) is 4.31. The van der Waals surface area contributed by atoms with Crippen LogP contribution in [0, 0.1) is 0 Å². The molecule has 0 rings (SSSR count). The van der Waals surface area contributed by atoms with Gasteiger partial charge in [-0.05, 0) is 77.0 Å². The summed E-state index contributed by atoms with van der Waals surface area (Å²) >= 11 is 0. The molecule has 0 aliphatic heterocycles. The maximum absolute atomic E-state index is 12.6. The summed E-state index contributed by atoms with van der Waals surface area (Å²) in [7, 11) is 1.44. The molecule has 0 aromatic carbocycles. The van der Waals surface area contributed by atoms with E-state index in [1.54, 1.807) is 0 Å². The predicted octanol–water partition coefficient (Wildman–Crippen LogP) is 11.5. The number of phosphoric acid groups is 1. The van der Waals surface area contributed by atoms with Crippen molar-refractivity contribution in [3.8, 4) is 0 Å². The van der Waals surface area contributed by atoms with Crippen molar-refractivity contribution in [2.75, 3.05) is 47.5 Å². The van der Waals surface area contributed by atoms with Crippen LogP contribution in [-0.4, -0.2) is 74.9 Å². The highest BCUT2D eigenvalue weighted by molar-refractivity contribution is 7.47. The van der Waals surface area contributed by atoms with Gasteiger partial charge in [0.1, 0.15) is 19.8 Å². The van der Waals surface area contributed by atoms with Crippen LogP contribution in [0.25, 0.3) is 0 Å². The van der Waals surface area contributed by atoms with Gasteiger partial charge in [0.15, 0.2) is 6.10 Å². The number of hydrogen-bond donors (Lipinski definition) is 1. The van der Waals surface area contributed by atoms with Gasteiger partial charge in [0.2, 0.25) is 0 Å². The van der Waals surface area contributed by atoms with E-state index in [9.17, 15) is 19.0 Å². The Morgan fingerprint density at radius 3 is 1.60 bits per heavy atom. The van der Waals surface area contributed by atoms with E-state index in [-0.39, 0.29) is 32.0 Å². The van der Waals surface area contributed by atoms with E-state index in [1.807, 2.05) is 21.1 Å². The molecule has 0 saturated heterocycles. The van der Waals surface area contributed by atoms with Crippen molar-refractivity contribution in [1.29, 1.82) is 0 Å². The van der Waals surface area contributed by atoms with E-state index in [4.69, 9.17) is 18.5 Å². The predicted molar refractivity (Wildman–Crippen MR) is 220 cm³/mol. The Hall–Kier alpha value is -2.03. The van der Waals surface area contributed by atoms with Gasteiger partial charge in [-0.3, -0.25) is 18.6 Å². The maximum atomic E-state index is 12.6. The number of hydrogen-bond acceptors (Lipinski definition) is 7. The van der Waals surface area contributed by atoms with E-state index < -0.39 is 26.5 Å². The minimum Gasteiger partial charge on any atom is -0.462 e. The first-order chi connectivity index (χ1) is 25.5. The molecule has 0 aliphatic rings. The fourth-order valence-corrected chi connectivity index (χ4v) is 5.99. The molecule has 0 heterocycles. The van der Waals surface area contributed by atoms with Crippen molar-refractivity contribution >= 4 is 19.8 Å². The Morgan fingerprint density at radius 1 is 0.585 bits per heavy atom. The van der Waals surface area contributed by atoms with Crippen LogP contribution in [0.15, 0.2) is 48.6 Å². The highest BCUT2D eigenvalue weighted by Crippen LogP contribution is 2.43. The number of unbranched alkanes of at least 4 members (excludes halogenated alkanes) is 15. The molecule has 0 radical (unpaired) electrons. The van der Waals surface area contributed by atoms with Gasteiger partial charge in [0.25, 0.3) is 0 Å². The van der Waals surface area contributed by atoms with Gasteiger partial charge in [-0.15, -0.1) is 0 Å². The van der Waals surface area contributed by atoms with E-state index in [2.05, 4.69) is 62.5 Å². The molecule has 0 fully saturated rings. The summed E-state index contributed by atoms with van der Waals surface area (Å²) in [6, 6.07) is 0. The molecule has 0 aromatic heterocycles. The molecular weight excluding hydrogens is 689 g/mol. The monoisotopic (exact) mass is 769 g/mol. The Kier molecular flexibility index (Phi) is 34.3. The van der Waals surface area contributed by atoms with Crippen LogP contribution >= 0.6 is 7.82 Å². The van der Waals surface area contributed by atoms with Gasteiger partial charge >= 0.3 is 19.8 Å². The summed E-state index contributed by atoms with van der Waals surface area (Å²) in [5.41, 5.74) is 0. The first-order valence-electron chi connectivity index (χ1n) is 20.9. The molecule has 0 aromatic rings. The molecule has 0 saturated carbocycles. The second-order valence-electron chi connectivity index (χ2n) is 15.0. The van der Waals surface area contributed by atoms with E-state index in [0.717, 1.165) is 70.6 Å². The van der Waals surface area contributed by atoms with E-state index in [1.165, 1.54) is 57.8 Å². The Labute approximate surface area is 324 Å². The molecule has 0 amide bonds. The highest BCUT2D eigenvalue weighted by atomic mass is 31.2. The fraction of sp³-hybridized carbons (Fsp3) is 0.767. The SMILES string of the molecule is CCCCC/C=C\C/C=C\C/C=C\CCCCC(=O)O[C@H](COC(=O)CCCCCCC/C=C\CCCCCCC)COP(=O)(O)OCC[N+](C)(C)C. The number of esters is 2. The molecule has 10 heteroatoms.